The second-order valence-corrected chi connectivity index (χ2v) is 9.31. The molecule has 5 nitrogen and oxygen atoms in total. The Kier molecular flexibility index (Phi) is 7.20. The quantitative estimate of drug-likeness (QED) is 0.444. The number of aromatic nitrogens is 2. The average Bonchev–Trinajstić information content (AvgIpc) is 3.30. The molecule has 31 heavy (non-hydrogen) atoms. The van der Waals surface area contributed by atoms with Crippen molar-refractivity contribution >= 4 is 21.8 Å². The van der Waals surface area contributed by atoms with Crippen molar-refractivity contribution in [1.29, 1.82) is 0 Å². The van der Waals surface area contributed by atoms with E-state index < -0.39 is 0 Å². The summed E-state index contributed by atoms with van der Waals surface area (Å²) in [5, 5.41) is 3.29. The highest BCUT2D eigenvalue weighted by Crippen LogP contribution is 2.29. The lowest BCUT2D eigenvalue weighted by atomic mass is 9.81. The molecular weight excluding hydrogens is 452 g/mol. The van der Waals surface area contributed by atoms with Crippen LogP contribution in [-0.4, -0.2) is 22.4 Å². The van der Waals surface area contributed by atoms with Crippen LogP contribution < -0.4 is 11.1 Å². The number of amides is 1. The zero-order valence-electron chi connectivity index (χ0n) is 17.6. The molecule has 1 heterocycles. The summed E-state index contributed by atoms with van der Waals surface area (Å²) >= 11 is 3.53. The first kappa shape index (κ1) is 21.8. The van der Waals surface area contributed by atoms with Gasteiger partial charge in [0.25, 0.3) is 0 Å². The van der Waals surface area contributed by atoms with Crippen molar-refractivity contribution in [3.8, 4) is 11.3 Å². The summed E-state index contributed by atoms with van der Waals surface area (Å²) in [5.41, 5.74) is 8.97. The van der Waals surface area contributed by atoms with Crippen LogP contribution in [0.4, 0.5) is 0 Å². The van der Waals surface area contributed by atoms with Gasteiger partial charge in [-0.25, -0.2) is 4.98 Å². The molecule has 0 saturated heterocycles. The smallest absolute Gasteiger partial charge is 0.223 e. The van der Waals surface area contributed by atoms with Crippen LogP contribution in [0.5, 0.6) is 0 Å². The fourth-order valence-corrected chi connectivity index (χ4v) is 4.73. The number of carbonyl (C=O) groups excluding carboxylic acids is 1. The SMILES string of the molecule is NCC1CCC(C(=O)NC(Cc2ccccc2)c2ncc(-c3cccc(Br)c3)[nH]2)CC1. The predicted molar refractivity (Wildman–Crippen MR) is 127 cm³/mol. The van der Waals surface area contributed by atoms with E-state index in [1.165, 1.54) is 5.56 Å². The van der Waals surface area contributed by atoms with E-state index in [0.717, 1.165) is 53.8 Å². The summed E-state index contributed by atoms with van der Waals surface area (Å²) < 4.78 is 1.02. The summed E-state index contributed by atoms with van der Waals surface area (Å²) in [6.07, 6.45) is 6.42. The summed E-state index contributed by atoms with van der Waals surface area (Å²) in [7, 11) is 0. The number of nitrogens with one attached hydrogen (secondary N) is 2. The van der Waals surface area contributed by atoms with Crippen LogP contribution in [0.2, 0.25) is 0 Å². The number of halogens is 1. The van der Waals surface area contributed by atoms with Gasteiger partial charge in [-0.15, -0.1) is 0 Å². The van der Waals surface area contributed by atoms with Crippen LogP contribution in [0.1, 0.15) is 43.1 Å². The molecule has 3 aromatic rings. The predicted octanol–water partition coefficient (Wildman–Crippen LogP) is 5.00. The Morgan fingerprint density at radius 3 is 2.61 bits per heavy atom. The maximum absolute atomic E-state index is 13.1. The Hall–Kier alpha value is -2.44. The first-order valence-electron chi connectivity index (χ1n) is 11.0. The molecule has 162 valence electrons. The van der Waals surface area contributed by atoms with Gasteiger partial charge in [-0.3, -0.25) is 4.79 Å². The zero-order valence-corrected chi connectivity index (χ0v) is 19.1. The molecule has 1 aliphatic rings. The average molecular weight is 481 g/mol. The van der Waals surface area contributed by atoms with Crippen LogP contribution in [0.3, 0.4) is 0 Å². The van der Waals surface area contributed by atoms with E-state index in [1.807, 2.05) is 42.6 Å². The number of hydrogen-bond donors (Lipinski definition) is 3. The first-order chi connectivity index (χ1) is 15.1. The Labute approximate surface area is 192 Å². The Balaban J connectivity index is 1.53. The molecule has 1 atom stereocenters. The fourth-order valence-electron chi connectivity index (χ4n) is 4.33. The van der Waals surface area contributed by atoms with E-state index >= 15 is 0 Å². The third-order valence-electron chi connectivity index (χ3n) is 6.21. The monoisotopic (exact) mass is 480 g/mol. The highest BCUT2D eigenvalue weighted by Gasteiger charge is 2.28. The van der Waals surface area contributed by atoms with Crippen molar-refractivity contribution < 1.29 is 4.79 Å². The van der Waals surface area contributed by atoms with Crippen molar-refractivity contribution in [2.75, 3.05) is 6.54 Å². The maximum Gasteiger partial charge on any atom is 0.223 e. The number of benzene rings is 2. The van der Waals surface area contributed by atoms with Gasteiger partial charge >= 0.3 is 0 Å². The normalized spacial score (nSPS) is 19.7. The number of H-pyrrole nitrogens is 1. The molecule has 6 heteroatoms. The van der Waals surface area contributed by atoms with Gasteiger partial charge < -0.3 is 16.0 Å². The lowest BCUT2D eigenvalue weighted by Crippen LogP contribution is -2.37. The van der Waals surface area contributed by atoms with Gasteiger partial charge in [-0.05, 0) is 62.3 Å². The molecule has 0 spiro atoms. The number of imidazole rings is 1. The molecule has 1 fully saturated rings. The van der Waals surface area contributed by atoms with Gasteiger partial charge in [0.05, 0.1) is 17.9 Å². The molecule has 1 aromatic heterocycles. The number of hydrogen-bond acceptors (Lipinski definition) is 3. The van der Waals surface area contributed by atoms with Crippen molar-refractivity contribution in [3.05, 3.63) is 76.7 Å². The highest BCUT2D eigenvalue weighted by atomic mass is 79.9. The summed E-state index contributed by atoms with van der Waals surface area (Å²) in [6, 6.07) is 18.1. The second-order valence-electron chi connectivity index (χ2n) is 8.40. The summed E-state index contributed by atoms with van der Waals surface area (Å²) in [5.74, 6) is 1.52. The largest absolute Gasteiger partial charge is 0.346 e. The van der Waals surface area contributed by atoms with Crippen LogP contribution in [0.25, 0.3) is 11.3 Å². The number of nitrogens with two attached hydrogens (primary N) is 1. The molecule has 0 bridgehead atoms. The lowest BCUT2D eigenvalue weighted by Gasteiger charge is -2.28. The Bertz CT molecular complexity index is 996. The maximum atomic E-state index is 13.1. The molecule has 1 unspecified atom stereocenters. The van der Waals surface area contributed by atoms with Gasteiger partial charge in [0.15, 0.2) is 0 Å². The van der Waals surface area contributed by atoms with Crippen molar-refractivity contribution in [2.24, 2.45) is 17.6 Å². The molecule has 0 aliphatic heterocycles. The number of rotatable bonds is 7. The van der Waals surface area contributed by atoms with E-state index in [0.29, 0.717) is 12.3 Å². The van der Waals surface area contributed by atoms with Crippen LogP contribution in [-0.2, 0) is 11.2 Å². The molecular formula is C25H29BrN4O. The molecule has 0 radical (unpaired) electrons. The van der Waals surface area contributed by atoms with Gasteiger partial charge in [0.2, 0.25) is 5.91 Å². The van der Waals surface area contributed by atoms with Gasteiger partial charge in [0.1, 0.15) is 5.82 Å². The minimum Gasteiger partial charge on any atom is -0.346 e. The molecule has 4 N–H and O–H groups in total. The van der Waals surface area contributed by atoms with Crippen LogP contribution in [0, 0.1) is 11.8 Å². The van der Waals surface area contributed by atoms with Crippen molar-refractivity contribution in [2.45, 2.75) is 38.1 Å². The zero-order chi connectivity index (χ0) is 21.6. The van der Waals surface area contributed by atoms with Gasteiger partial charge in [-0.2, -0.15) is 0 Å². The highest BCUT2D eigenvalue weighted by molar-refractivity contribution is 9.10. The second kappa shape index (κ2) is 10.2. The van der Waals surface area contributed by atoms with Gasteiger partial charge in [-0.1, -0.05) is 58.4 Å². The molecule has 2 aromatic carbocycles. The minimum absolute atomic E-state index is 0.0561. The fraction of sp³-hybridized carbons (Fsp3) is 0.360. The molecule has 1 aliphatic carbocycles. The van der Waals surface area contributed by atoms with E-state index in [2.05, 4.69) is 49.4 Å². The Morgan fingerprint density at radius 1 is 1.13 bits per heavy atom. The van der Waals surface area contributed by atoms with E-state index in [1.54, 1.807) is 0 Å². The van der Waals surface area contributed by atoms with Crippen molar-refractivity contribution in [1.82, 2.24) is 15.3 Å². The van der Waals surface area contributed by atoms with E-state index in [-0.39, 0.29) is 17.9 Å². The summed E-state index contributed by atoms with van der Waals surface area (Å²) in [4.78, 5) is 21.2. The number of aromatic amines is 1. The first-order valence-corrected chi connectivity index (χ1v) is 11.8. The lowest BCUT2D eigenvalue weighted by molar-refractivity contribution is -0.127. The van der Waals surface area contributed by atoms with E-state index in [9.17, 15) is 4.79 Å². The minimum atomic E-state index is -0.206. The van der Waals surface area contributed by atoms with Crippen molar-refractivity contribution in [3.63, 3.8) is 0 Å². The van der Waals surface area contributed by atoms with E-state index in [4.69, 9.17) is 5.73 Å². The third kappa shape index (κ3) is 5.63. The standard InChI is InChI=1S/C25H29BrN4O/c26-21-8-4-7-20(14-21)23-16-28-24(29-23)22(13-17-5-2-1-3-6-17)30-25(31)19-11-9-18(15-27)10-12-19/h1-8,14,16,18-19,22H,9-13,15,27H2,(H,28,29)(H,30,31). The number of nitrogens with zero attached hydrogens (tertiary/aromatic N) is 1. The molecule has 1 saturated carbocycles. The Morgan fingerprint density at radius 2 is 1.90 bits per heavy atom. The van der Waals surface area contributed by atoms with Crippen LogP contribution >= 0.6 is 15.9 Å². The number of carbonyl (C=O) groups is 1. The van der Waals surface area contributed by atoms with Crippen LogP contribution in [0.15, 0.2) is 65.3 Å². The van der Waals surface area contributed by atoms with Gasteiger partial charge in [0, 0.05) is 16.0 Å². The summed E-state index contributed by atoms with van der Waals surface area (Å²) in [6.45, 7) is 0.718. The topological polar surface area (TPSA) is 83.8 Å². The third-order valence-corrected chi connectivity index (χ3v) is 6.70. The molecule has 1 amide bonds. The molecule has 4 rings (SSSR count).